The van der Waals surface area contributed by atoms with E-state index >= 15 is 0 Å². The topological polar surface area (TPSA) is 15.3 Å². The molecule has 1 unspecified atom stereocenters. The number of rotatable bonds is 9. The summed E-state index contributed by atoms with van der Waals surface area (Å²) in [5.74, 6) is 0.990. The first-order chi connectivity index (χ1) is 9.29. The van der Waals surface area contributed by atoms with Gasteiger partial charge in [0.2, 0.25) is 0 Å². The number of nitrogens with zero attached hydrogens (tertiary/aromatic N) is 1. The van der Waals surface area contributed by atoms with E-state index in [-0.39, 0.29) is 0 Å². The minimum Gasteiger partial charge on any atom is -0.310 e. The Bertz CT molecular complexity index is 346. The van der Waals surface area contributed by atoms with Crippen molar-refractivity contribution in [1.82, 2.24) is 10.2 Å². The van der Waals surface area contributed by atoms with E-state index in [9.17, 15) is 0 Å². The van der Waals surface area contributed by atoms with Crippen LogP contribution < -0.4 is 5.32 Å². The van der Waals surface area contributed by atoms with Crippen molar-refractivity contribution in [3.8, 4) is 0 Å². The van der Waals surface area contributed by atoms with Gasteiger partial charge < -0.3 is 10.2 Å². The first kappa shape index (κ1) is 14.5. The van der Waals surface area contributed by atoms with E-state index in [1.54, 1.807) is 0 Å². The number of nitrogens with one attached hydrogen (secondary N) is 1. The first-order valence-corrected chi connectivity index (χ1v) is 7.76. The van der Waals surface area contributed by atoms with Gasteiger partial charge in [0.1, 0.15) is 0 Å². The average Bonchev–Trinajstić information content (AvgIpc) is 3.24. The van der Waals surface area contributed by atoms with Gasteiger partial charge in [-0.15, -0.1) is 0 Å². The lowest BCUT2D eigenvalue weighted by molar-refractivity contribution is 0.296. The van der Waals surface area contributed by atoms with Crippen LogP contribution in [0.25, 0.3) is 0 Å². The van der Waals surface area contributed by atoms with Gasteiger partial charge in [-0.05, 0) is 57.3 Å². The molecule has 0 spiro atoms. The largest absolute Gasteiger partial charge is 0.310 e. The molecule has 1 saturated carbocycles. The van der Waals surface area contributed by atoms with Crippen LogP contribution in [-0.2, 0) is 0 Å². The fourth-order valence-corrected chi connectivity index (χ4v) is 2.57. The van der Waals surface area contributed by atoms with Crippen LogP contribution in [0.15, 0.2) is 30.3 Å². The molecule has 1 N–H and O–H groups in total. The minimum absolute atomic E-state index is 0.503. The quantitative estimate of drug-likeness (QED) is 0.731. The monoisotopic (exact) mass is 260 g/mol. The molecule has 2 heteroatoms. The fraction of sp³-hybridized carbons (Fsp3) is 0.647. The Labute approximate surface area is 118 Å². The molecule has 0 amide bonds. The minimum atomic E-state index is 0.503. The zero-order chi connectivity index (χ0) is 13.5. The molecular weight excluding hydrogens is 232 g/mol. The Morgan fingerprint density at radius 3 is 2.63 bits per heavy atom. The maximum atomic E-state index is 3.68. The van der Waals surface area contributed by atoms with Crippen LogP contribution in [0.3, 0.4) is 0 Å². The zero-order valence-electron chi connectivity index (χ0n) is 12.4. The second-order valence-electron chi connectivity index (χ2n) is 5.91. The Morgan fingerprint density at radius 1 is 1.26 bits per heavy atom. The second kappa shape index (κ2) is 7.66. The third-order valence-electron chi connectivity index (χ3n) is 3.91. The Kier molecular flexibility index (Phi) is 5.87. The van der Waals surface area contributed by atoms with E-state index < -0.39 is 0 Å². The summed E-state index contributed by atoms with van der Waals surface area (Å²) in [6, 6.07) is 11.4. The highest BCUT2D eigenvalue weighted by atomic mass is 15.1. The van der Waals surface area contributed by atoms with Gasteiger partial charge in [0.25, 0.3) is 0 Å². The highest BCUT2D eigenvalue weighted by Gasteiger charge is 2.23. The average molecular weight is 260 g/mol. The predicted molar refractivity (Wildman–Crippen MR) is 82.3 cm³/mol. The van der Waals surface area contributed by atoms with E-state index in [1.165, 1.54) is 44.3 Å². The van der Waals surface area contributed by atoms with E-state index in [4.69, 9.17) is 0 Å². The van der Waals surface area contributed by atoms with Crippen LogP contribution in [0, 0.1) is 5.92 Å². The Hall–Kier alpha value is -0.860. The fourth-order valence-electron chi connectivity index (χ4n) is 2.57. The van der Waals surface area contributed by atoms with E-state index in [1.807, 2.05) is 0 Å². The lowest BCUT2D eigenvalue weighted by atomic mass is 10.0. The first-order valence-electron chi connectivity index (χ1n) is 7.76. The summed E-state index contributed by atoms with van der Waals surface area (Å²) < 4.78 is 0. The standard InChI is InChI=1S/C17H28N2/c1-3-12-18-17(16-7-5-4-6-8-16)11-13-19(2)14-15-9-10-15/h4-8,15,17-18H,3,9-14H2,1-2H3. The SMILES string of the molecule is CCCNC(CCN(C)CC1CC1)c1ccccc1. The molecule has 1 aromatic rings. The van der Waals surface area contributed by atoms with E-state index in [2.05, 4.69) is 54.5 Å². The lowest BCUT2D eigenvalue weighted by Gasteiger charge is -2.23. The summed E-state index contributed by atoms with van der Waals surface area (Å²) >= 11 is 0. The molecule has 0 radical (unpaired) electrons. The van der Waals surface area contributed by atoms with Crippen molar-refractivity contribution >= 4 is 0 Å². The maximum Gasteiger partial charge on any atom is 0.0332 e. The maximum absolute atomic E-state index is 3.68. The van der Waals surface area contributed by atoms with E-state index in [0.29, 0.717) is 6.04 Å². The summed E-state index contributed by atoms with van der Waals surface area (Å²) in [6.07, 6.45) is 5.29. The second-order valence-corrected chi connectivity index (χ2v) is 5.91. The summed E-state index contributed by atoms with van der Waals surface area (Å²) in [5, 5.41) is 3.68. The molecule has 0 bridgehead atoms. The van der Waals surface area contributed by atoms with Crippen molar-refractivity contribution in [3.63, 3.8) is 0 Å². The zero-order valence-corrected chi connectivity index (χ0v) is 12.4. The highest BCUT2D eigenvalue weighted by molar-refractivity contribution is 5.18. The van der Waals surface area contributed by atoms with Crippen molar-refractivity contribution in [2.75, 3.05) is 26.7 Å². The van der Waals surface area contributed by atoms with Crippen molar-refractivity contribution in [2.24, 2.45) is 5.92 Å². The van der Waals surface area contributed by atoms with Crippen molar-refractivity contribution in [2.45, 2.75) is 38.6 Å². The summed E-state index contributed by atoms with van der Waals surface area (Å²) in [7, 11) is 2.26. The Balaban J connectivity index is 1.82. The number of hydrogen-bond acceptors (Lipinski definition) is 2. The van der Waals surface area contributed by atoms with Crippen LogP contribution in [-0.4, -0.2) is 31.6 Å². The molecule has 1 aliphatic rings. The van der Waals surface area contributed by atoms with Gasteiger partial charge in [-0.2, -0.15) is 0 Å². The molecule has 2 rings (SSSR count). The normalized spacial score (nSPS) is 16.8. The van der Waals surface area contributed by atoms with Crippen molar-refractivity contribution in [1.29, 1.82) is 0 Å². The van der Waals surface area contributed by atoms with Gasteiger partial charge in [0, 0.05) is 12.6 Å². The van der Waals surface area contributed by atoms with Crippen LogP contribution in [0.4, 0.5) is 0 Å². The van der Waals surface area contributed by atoms with Crippen LogP contribution in [0.1, 0.15) is 44.2 Å². The van der Waals surface area contributed by atoms with Gasteiger partial charge in [0.15, 0.2) is 0 Å². The van der Waals surface area contributed by atoms with Gasteiger partial charge in [-0.1, -0.05) is 37.3 Å². The third kappa shape index (κ3) is 5.33. The molecule has 1 aromatic carbocycles. The Morgan fingerprint density at radius 2 is 2.00 bits per heavy atom. The predicted octanol–water partition coefficient (Wildman–Crippen LogP) is 3.46. The smallest absolute Gasteiger partial charge is 0.0332 e. The van der Waals surface area contributed by atoms with Crippen molar-refractivity contribution in [3.05, 3.63) is 35.9 Å². The molecule has 2 nitrogen and oxygen atoms in total. The summed E-state index contributed by atoms with van der Waals surface area (Å²) in [6.45, 7) is 5.81. The molecule has 1 atom stereocenters. The number of benzene rings is 1. The van der Waals surface area contributed by atoms with Gasteiger partial charge in [-0.25, -0.2) is 0 Å². The van der Waals surface area contributed by atoms with Gasteiger partial charge in [0.05, 0.1) is 0 Å². The van der Waals surface area contributed by atoms with Crippen LogP contribution >= 0.6 is 0 Å². The van der Waals surface area contributed by atoms with Gasteiger partial charge >= 0.3 is 0 Å². The highest BCUT2D eigenvalue weighted by Crippen LogP contribution is 2.29. The van der Waals surface area contributed by atoms with Crippen LogP contribution in [0.5, 0.6) is 0 Å². The molecule has 0 heterocycles. The molecule has 1 aliphatic carbocycles. The molecule has 0 saturated heterocycles. The van der Waals surface area contributed by atoms with Gasteiger partial charge in [-0.3, -0.25) is 0 Å². The summed E-state index contributed by atoms with van der Waals surface area (Å²) in [4.78, 5) is 2.50. The molecule has 0 aromatic heterocycles. The lowest BCUT2D eigenvalue weighted by Crippen LogP contribution is -2.28. The molecule has 1 fully saturated rings. The molecular formula is C17H28N2. The number of hydrogen-bond donors (Lipinski definition) is 1. The molecule has 19 heavy (non-hydrogen) atoms. The third-order valence-corrected chi connectivity index (χ3v) is 3.91. The van der Waals surface area contributed by atoms with Crippen LogP contribution in [0.2, 0.25) is 0 Å². The molecule has 0 aliphatic heterocycles. The summed E-state index contributed by atoms with van der Waals surface area (Å²) in [5.41, 5.74) is 1.43. The molecule has 106 valence electrons. The van der Waals surface area contributed by atoms with Crippen molar-refractivity contribution < 1.29 is 0 Å². The van der Waals surface area contributed by atoms with E-state index in [0.717, 1.165) is 12.5 Å².